The maximum Gasteiger partial charge on any atom is 0.0540 e. The Labute approximate surface area is 381 Å². The topological polar surface area (TPSA) is 35.7 Å². The Morgan fingerprint density at radius 3 is 1.14 bits per heavy atom. The molecule has 0 bridgehead atoms. The van der Waals surface area contributed by atoms with Crippen molar-refractivity contribution in [2.24, 2.45) is 5.92 Å². The lowest BCUT2D eigenvalue weighted by Crippen LogP contribution is -2.34. The molecule has 0 fully saturated rings. The molecule has 0 heterocycles. The number of hydrogen-bond donors (Lipinski definition) is 1. The second-order valence-electron chi connectivity index (χ2n) is 17.1. The van der Waals surface area contributed by atoms with Crippen LogP contribution < -0.4 is 20.4 Å². The van der Waals surface area contributed by atoms with Crippen LogP contribution in [0.25, 0.3) is 11.1 Å². The molecule has 9 aromatic rings. The fourth-order valence-corrected chi connectivity index (χ4v) is 11.0. The molecule has 2 atom stereocenters. The molecule has 4 nitrogen and oxygen atoms in total. The summed E-state index contributed by atoms with van der Waals surface area (Å²) in [6.45, 7) is 0. The number of para-hydroxylation sites is 6. The van der Waals surface area contributed by atoms with Gasteiger partial charge in [0.15, 0.2) is 0 Å². The van der Waals surface area contributed by atoms with Gasteiger partial charge >= 0.3 is 0 Å². The van der Waals surface area contributed by atoms with Gasteiger partial charge in [0.05, 0.1) is 5.41 Å². The Morgan fingerprint density at radius 2 is 0.738 bits per heavy atom. The van der Waals surface area contributed by atoms with E-state index < -0.39 is 5.41 Å². The number of nitrogen functional groups attached to an aromatic ring is 1. The first-order valence-corrected chi connectivity index (χ1v) is 22.5. The minimum absolute atomic E-state index is 0.0106. The summed E-state index contributed by atoms with van der Waals surface area (Å²) in [6.07, 6.45) is 7.36. The highest BCUT2D eigenvalue weighted by atomic mass is 15.2. The fourth-order valence-electron chi connectivity index (χ4n) is 11.0. The second kappa shape index (κ2) is 15.8. The molecule has 0 radical (unpaired) electrons. The Morgan fingerprint density at radius 1 is 0.354 bits per heavy atom. The average molecular weight is 835 g/mol. The van der Waals surface area contributed by atoms with Crippen LogP contribution in [-0.2, 0) is 5.41 Å². The van der Waals surface area contributed by atoms with Crippen LogP contribution >= 0.6 is 0 Å². The van der Waals surface area contributed by atoms with E-state index >= 15 is 0 Å². The van der Waals surface area contributed by atoms with Gasteiger partial charge in [0.2, 0.25) is 0 Å². The number of nitrogens with two attached hydrogens (primary N) is 1. The minimum atomic E-state index is -0.626. The summed E-state index contributed by atoms with van der Waals surface area (Å²) in [7, 11) is 0. The van der Waals surface area contributed by atoms with Gasteiger partial charge < -0.3 is 20.4 Å². The van der Waals surface area contributed by atoms with Gasteiger partial charge in [0.25, 0.3) is 0 Å². The number of fused-ring (bicyclic) bond motifs is 10. The van der Waals surface area contributed by atoms with Crippen LogP contribution in [0.1, 0.15) is 28.2 Å². The van der Waals surface area contributed by atoms with E-state index in [0.29, 0.717) is 0 Å². The summed E-state index contributed by atoms with van der Waals surface area (Å²) >= 11 is 0. The molecule has 0 saturated heterocycles. The van der Waals surface area contributed by atoms with Crippen molar-refractivity contribution in [1.82, 2.24) is 0 Å². The maximum absolute atomic E-state index is 6.94. The third-order valence-electron chi connectivity index (χ3n) is 13.6. The average Bonchev–Trinajstić information content (AvgIpc) is 3.82. The van der Waals surface area contributed by atoms with Crippen molar-refractivity contribution in [2.75, 3.05) is 20.4 Å². The van der Waals surface area contributed by atoms with Gasteiger partial charge in [-0.15, -0.1) is 0 Å². The molecule has 65 heavy (non-hydrogen) atoms. The highest BCUT2D eigenvalue weighted by Crippen LogP contribution is 2.67. The number of hydrogen-bond acceptors (Lipinski definition) is 4. The van der Waals surface area contributed by atoms with E-state index in [1.807, 2.05) is 0 Å². The summed E-state index contributed by atoms with van der Waals surface area (Å²) in [6, 6.07) is 85.3. The third kappa shape index (κ3) is 6.29. The van der Waals surface area contributed by atoms with Crippen LogP contribution in [0.15, 0.2) is 261 Å². The van der Waals surface area contributed by atoms with E-state index in [1.165, 1.54) is 33.4 Å². The largest absolute Gasteiger partial charge is 0.399 e. The number of benzene rings is 9. The highest BCUT2D eigenvalue weighted by molar-refractivity contribution is 5.92. The van der Waals surface area contributed by atoms with Gasteiger partial charge in [-0.3, -0.25) is 0 Å². The van der Waals surface area contributed by atoms with Gasteiger partial charge in [-0.25, -0.2) is 0 Å². The molecule has 310 valence electrons. The minimum Gasteiger partial charge on any atom is -0.399 e. The first-order chi connectivity index (χ1) is 32.2. The van der Waals surface area contributed by atoms with Crippen molar-refractivity contribution in [2.45, 2.75) is 11.3 Å². The monoisotopic (exact) mass is 834 g/mol. The Hall–Kier alpha value is -8.34. The number of rotatable bonds is 9. The van der Waals surface area contributed by atoms with Crippen LogP contribution in [0.4, 0.5) is 51.2 Å². The van der Waals surface area contributed by atoms with Crippen LogP contribution in [0.3, 0.4) is 0 Å². The van der Waals surface area contributed by atoms with Crippen LogP contribution in [0.5, 0.6) is 0 Å². The first-order valence-electron chi connectivity index (χ1n) is 22.5. The first kappa shape index (κ1) is 38.3. The lowest BCUT2D eigenvalue weighted by molar-refractivity contribution is 0.462. The summed E-state index contributed by atoms with van der Waals surface area (Å²) in [5.41, 5.74) is 24.6. The molecule has 0 aliphatic heterocycles. The molecule has 3 aliphatic carbocycles. The SMILES string of the molecule is Nc1ccc2c(c1)C1(c3cc(N(c4ccccc4)c4ccccc4)ccc3-c3ccc(N(c4ccccc4)c4ccccc4)cc31)C1C=C(N(c3ccccc3)c3ccccc3)C=CC21. The number of nitrogens with zero attached hydrogens (tertiary/aromatic N) is 3. The van der Waals surface area contributed by atoms with Crippen molar-refractivity contribution in [3.8, 4) is 11.1 Å². The predicted molar refractivity (Wildman–Crippen MR) is 270 cm³/mol. The molecule has 2 unspecified atom stereocenters. The second-order valence-corrected chi connectivity index (χ2v) is 17.1. The highest BCUT2D eigenvalue weighted by Gasteiger charge is 2.58. The Bertz CT molecular complexity index is 2970. The summed E-state index contributed by atoms with van der Waals surface area (Å²) in [4.78, 5) is 7.17. The third-order valence-corrected chi connectivity index (χ3v) is 13.6. The van der Waals surface area contributed by atoms with Crippen LogP contribution in [0, 0.1) is 5.92 Å². The standard InChI is InChI=1S/C61H46N4/c62-43-31-35-53-54-36-32-50(63(44-19-7-1-8-20-44)45-21-9-2-10-22-45)40-58(54)61(57(53)39-43)59-41-51(64(46-23-11-3-12-24-46)47-25-13-4-14-26-47)33-37-55(59)56-38-34-52(42-60(56)61)65(48-27-15-5-16-28-48)49-29-17-6-18-30-49/h1-42,54,58H,62H2. The molecule has 2 N–H and O–H groups in total. The van der Waals surface area contributed by atoms with Gasteiger partial charge in [0, 0.05) is 68.7 Å². The van der Waals surface area contributed by atoms with E-state index in [0.717, 1.165) is 56.9 Å². The quantitative estimate of drug-likeness (QED) is 0.147. The molecule has 4 heteroatoms. The van der Waals surface area contributed by atoms with Crippen molar-refractivity contribution >= 4 is 51.2 Å². The normalized spacial score (nSPS) is 15.9. The smallest absolute Gasteiger partial charge is 0.0540 e. The molecule has 12 rings (SSSR count). The lowest BCUT2D eigenvalue weighted by Gasteiger charge is -2.39. The lowest BCUT2D eigenvalue weighted by atomic mass is 9.65. The molecule has 1 spiro atoms. The number of allylic oxidation sites excluding steroid dienone is 3. The molecule has 0 saturated carbocycles. The van der Waals surface area contributed by atoms with Gasteiger partial charge in [0.1, 0.15) is 0 Å². The summed E-state index contributed by atoms with van der Waals surface area (Å²) in [5.74, 6) is 0.0797. The van der Waals surface area contributed by atoms with Gasteiger partial charge in [-0.2, -0.15) is 0 Å². The van der Waals surface area contributed by atoms with E-state index in [-0.39, 0.29) is 11.8 Å². The fraction of sp³-hybridized carbons (Fsp3) is 0.0492. The van der Waals surface area contributed by atoms with Gasteiger partial charge in [-0.1, -0.05) is 140 Å². The Balaban J connectivity index is 1.15. The van der Waals surface area contributed by atoms with Gasteiger partial charge in [-0.05, 0) is 149 Å². The predicted octanol–water partition coefficient (Wildman–Crippen LogP) is 15.5. The summed E-state index contributed by atoms with van der Waals surface area (Å²) < 4.78 is 0. The molecule has 0 amide bonds. The molecule has 9 aromatic carbocycles. The van der Waals surface area contributed by atoms with Crippen LogP contribution in [-0.4, -0.2) is 0 Å². The van der Waals surface area contributed by atoms with Crippen molar-refractivity contribution < 1.29 is 0 Å². The van der Waals surface area contributed by atoms with E-state index in [4.69, 9.17) is 5.73 Å². The zero-order valence-corrected chi connectivity index (χ0v) is 35.8. The van der Waals surface area contributed by atoms with Crippen molar-refractivity contribution in [3.63, 3.8) is 0 Å². The summed E-state index contributed by atoms with van der Waals surface area (Å²) in [5, 5.41) is 0. The number of anilines is 9. The molecule has 3 aliphatic rings. The van der Waals surface area contributed by atoms with E-state index in [2.05, 4.69) is 270 Å². The Kier molecular flexibility index (Phi) is 9.31. The zero-order chi connectivity index (χ0) is 43.3. The van der Waals surface area contributed by atoms with E-state index in [1.54, 1.807) is 0 Å². The molecule has 0 aromatic heterocycles. The molecular formula is C61H46N4. The maximum atomic E-state index is 6.94. The van der Waals surface area contributed by atoms with Crippen molar-refractivity contribution in [3.05, 3.63) is 283 Å². The van der Waals surface area contributed by atoms with Crippen LogP contribution in [0.2, 0.25) is 0 Å². The zero-order valence-electron chi connectivity index (χ0n) is 35.8. The van der Waals surface area contributed by atoms with E-state index in [9.17, 15) is 0 Å². The molecular weight excluding hydrogens is 789 g/mol. The van der Waals surface area contributed by atoms with Crippen molar-refractivity contribution in [1.29, 1.82) is 0 Å².